The number of rotatable bonds is 7. The third-order valence-corrected chi connectivity index (χ3v) is 7.05. The number of nitrogens with zero attached hydrogens (tertiary/aromatic N) is 3. The van der Waals surface area contributed by atoms with Crippen LogP contribution in [0.1, 0.15) is 35.0 Å². The summed E-state index contributed by atoms with van der Waals surface area (Å²) in [5.41, 5.74) is 3.22. The number of sulfone groups is 1. The van der Waals surface area contributed by atoms with E-state index >= 15 is 0 Å². The van der Waals surface area contributed by atoms with E-state index in [0.717, 1.165) is 17.0 Å². The number of carbonyl (C=O) groups excluding carboxylic acids is 1. The van der Waals surface area contributed by atoms with Gasteiger partial charge in [-0.05, 0) is 33.4 Å². The predicted molar refractivity (Wildman–Crippen MR) is 109 cm³/mol. The monoisotopic (exact) mass is 422 g/mol. The first-order valence-electron chi connectivity index (χ1n) is 9.60. The predicted octanol–water partition coefficient (Wildman–Crippen LogP) is 1.75. The number of aromatic nitrogens is 2. The summed E-state index contributed by atoms with van der Waals surface area (Å²) in [6, 6.07) is 6.23. The van der Waals surface area contributed by atoms with E-state index in [0.29, 0.717) is 18.5 Å². The normalized spacial score (nSPS) is 18.3. The molecule has 1 fully saturated rings. The van der Waals surface area contributed by atoms with Gasteiger partial charge in [0.2, 0.25) is 5.91 Å². The lowest BCUT2D eigenvalue weighted by atomic mass is 10.1. The second-order valence-electron chi connectivity index (χ2n) is 7.69. The Kier molecular flexibility index (Phi) is 6.38. The van der Waals surface area contributed by atoms with Gasteiger partial charge in [0, 0.05) is 29.9 Å². The molecule has 0 radical (unpaired) electrons. The molecule has 7 nitrogen and oxygen atoms in total. The van der Waals surface area contributed by atoms with Crippen molar-refractivity contribution >= 4 is 15.7 Å². The first kappa shape index (κ1) is 21.4. The van der Waals surface area contributed by atoms with Gasteiger partial charge < -0.3 is 5.32 Å². The van der Waals surface area contributed by atoms with Crippen LogP contribution in [0, 0.1) is 19.7 Å². The molecule has 1 N–H and O–H groups in total. The van der Waals surface area contributed by atoms with Crippen LogP contribution >= 0.6 is 0 Å². The third-order valence-electron chi connectivity index (χ3n) is 5.30. The lowest BCUT2D eigenvalue weighted by Crippen LogP contribution is -2.34. The van der Waals surface area contributed by atoms with Gasteiger partial charge in [-0.15, -0.1) is 0 Å². The largest absolute Gasteiger partial charge is 0.351 e. The summed E-state index contributed by atoms with van der Waals surface area (Å²) < 4.78 is 39.0. The summed E-state index contributed by atoms with van der Waals surface area (Å²) in [4.78, 5) is 14.1. The van der Waals surface area contributed by atoms with Crippen molar-refractivity contribution < 1.29 is 17.6 Å². The molecular formula is C20H27FN4O3S. The molecular weight excluding hydrogens is 395 g/mol. The molecule has 0 aliphatic carbocycles. The molecule has 1 saturated heterocycles. The molecule has 1 aromatic carbocycles. The molecule has 29 heavy (non-hydrogen) atoms. The van der Waals surface area contributed by atoms with E-state index in [1.165, 1.54) is 6.07 Å². The van der Waals surface area contributed by atoms with Crippen LogP contribution in [0.3, 0.4) is 0 Å². The van der Waals surface area contributed by atoms with Crippen molar-refractivity contribution in [2.24, 2.45) is 0 Å². The average molecular weight is 423 g/mol. The van der Waals surface area contributed by atoms with Crippen LogP contribution < -0.4 is 5.32 Å². The Morgan fingerprint density at radius 3 is 2.72 bits per heavy atom. The van der Waals surface area contributed by atoms with Crippen molar-refractivity contribution in [2.75, 3.05) is 25.1 Å². The molecule has 9 heteroatoms. The minimum atomic E-state index is -2.99. The molecule has 3 rings (SSSR count). The molecule has 2 heterocycles. The molecule has 2 aromatic rings. The Labute approximate surface area is 170 Å². The van der Waals surface area contributed by atoms with E-state index < -0.39 is 9.84 Å². The number of aryl methyl sites for hydroxylation is 1. The zero-order chi connectivity index (χ0) is 21.2. The fourth-order valence-corrected chi connectivity index (χ4v) is 5.40. The molecule has 1 aliphatic rings. The van der Waals surface area contributed by atoms with E-state index in [1.807, 2.05) is 30.5 Å². The molecule has 0 unspecified atom stereocenters. The molecule has 1 aliphatic heterocycles. The molecule has 1 amide bonds. The lowest BCUT2D eigenvalue weighted by molar-refractivity contribution is -0.122. The summed E-state index contributed by atoms with van der Waals surface area (Å²) >= 11 is 0. The van der Waals surface area contributed by atoms with Gasteiger partial charge >= 0.3 is 0 Å². The van der Waals surface area contributed by atoms with E-state index in [4.69, 9.17) is 0 Å². The van der Waals surface area contributed by atoms with Crippen LogP contribution in [0.2, 0.25) is 0 Å². The molecule has 158 valence electrons. The highest BCUT2D eigenvalue weighted by Gasteiger charge is 2.31. The number of likely N-dealkylation sites (N-methyl/N-ethyl adjacent to an activating group) is 1. The van der Waals surface area contributed by atoms with Gasteiger partial charge in [-0.3, -0.25) is 14.4 Å². The van der Waals surface area contributed by atoms with E-state index in [-0.39, 0.29) is 42.4 Å². The minimum absolute atomic E-state index is 0.123. The minimum Gasteiger partial charge on any atom is -0.351 e. The number of amides is 1. The van der Waals surface area contributed by atoms with Crippen LogP contribution in [0.5, 0.6) is 0 Å². The SMILES string of the molecule is Cc1nn([C@@H]2CCS(=O)(=O)C2)c(C)c1CN(C)CC(=O)NCc1ccccc1F. The maximum atomic E-state index is 13.6. The number of nitrogens with one attached hydrogen (secondary N) is 1. The van der Waals surface area contributed by atoms with Crippen LogP contribution in [-0.4, -0.2) is 54.1 Å². The number of hydrogen-bond acceptors (Lipinski definition) is 5. The van der Waals surface area contributed by atoms with Crippen molar-refractivity contribution in [1.29, 1.82) is 0 Å². The van der Waals surface area contributed by atoms with Gasteiger partial charge in [0.15, 0.2) is 9.84 Å². The molecule has 1 atom stereocenters. The smallest absolute Gasteiger partial charge is 0.234 e. The van der Waals surface area contributed by atoms with Crippen molar-refractivity contribution in [3.05, 3.63) is 52.6 Å². The summed E-state index contributed by atoms with van der Waals surface area (Å²) in [5.74, 6) is -0.204. The zero-order valence-electron chi connectivity index (χ0n) is 17.0. The molecule has 0 bridgehead atoms. The third kappa shape index (κ3) is 5.22. The van der Waals surface area contributed by atoms with Gasteiger partial charge in [-0.25, -0.2) is 12.8 Å². The second kappa shape index (κ2) is 8.62. The van der Waals surface area contributed by atoms with Gasteiger partial charge in [0.25, 0.3) is 0 Å². The van der Waals surface area contributed by atoms with Crippen LogP contribution in [0.4, 0.5) is 4.39 Å². The maximum absolute atomic E-state index is 13.6. The standard InChI is InChI=1S/C20H27FN4O3S/c1-14-18(15(2)25(23-14)17-8-9-29(27,28)13-17)11-24(3)12-20(26)22-10-16-6-4-5-7-19(16)21/h4-7,17H,8-13H2,1-3H3,(H,22,26)/t17-/m1/s1. The van der Waals surface area contributed by atoms with Crippen LogP contribution in [-0.2, 0) is 27.7 Å². The second-order valence-corrected chi connectivity index (χ2v) is 9.92. The maximum Gasteiger partial charge on any atom is 0.234 e. The number of carbonyl (C=O) groups is 1. The summed E-state index contributed by atoms with van der Waals surface area (Å²) in [7, 11) is -1.15. The summed E-state index contributed by atoms with van der Waals surface area (Å²) in [6.07, 6.45) is 0.581. The highest BCUT2D eigenvalue weighted by Crippen LogP contribution is 2.27. The Balaban J connectivity index is 1.58. The highest BCUT2D eigenvalue weighted by molar-refractivity contribution is 7.91. The van der Waals surface area contributed by atoms with Crippen molar-refractivity contribution in [1.82, 2.24) is 20.0 Å². The van der Waals surface area contributed by atoms with Gasteiger partial charge in [-0.1, -0.05) is 18.2 Å². The first-order valence-corrected chi connectivity index (χ1v) is 11.4. The Bertz CT molecular complexity index is 1000. The fourth-order valence-electron chi connectivity index (χ4n) is 3.71. The van der Waals surface area contributed by atoms with E-state index in [9.17, 15) is 17.6 Å². The quantitative estimate of drug-likeness (QED) is 0.735. The average Bonchev–Trinajstić information content (AvgIpc) is 3.14. The van der Waals surface area contributed by atoms with Gasteiger partial charge in [0.1, 0.15) is 5.82 Å². The molecule has 0 saturated carbocycles. The van der Waals surface area contributed by atoms with Gasteiger partial charge in [-0.2, -0.15) is 5.10 Å². The highest BCUT2D eigenvalue weighted by atomic mass is 32.2. The first-order chi connectivity index (χ1) is 13.7. The Morgan fingerprint density at radius 1 is 1.34 bits per heavy atom. The summed E-state index contributed by atoms with van der Waals surface area (Å²) in [6.45, 7) is 4.66. The van der Waals surface area contributed by atoms with E-state index in [2.05, 4.69) is 10.4 Å². The van der Waals surface area contributed by atoms with Gasteiger partial charge in [0.05, 0.1) is 29.8 Å². The van der Waals surface area contributed by atoms with Crippen LogP contribution in [0.15, 0.2) is 24.3 Å². The lowest BCUT2D eigenvalue weighted by Gasteiger charge is -2.17. The Hall–Kier alpha value is -2.26. The number of benzene rings is 1. The van der Waals surface area contributed by atoms with Crippen molar-refractivity contribution in [3.8, 4) is 0 Å². The zero-order valence-corrected chi connectivity index (χ0v) is 17.8. The summed E-state index contributed by atoms with van der Waals surface area (Å²) in [5, 5.41) is 7.30. The topological polar surface area (TPSA) is 84.3 Å². The number of halogens is 1. The molecule has 1 aromatic heterocycles. The molecule has 0 spiro atoms. The number of hydrogen-bond donors (Lipinski definition) is 1. The van der Waals surface area contributed by atoms with Crippen molar-refractivity contribution in [3.63, 3.8) is 0 Å². The Morgan fingerprint density at radius 2 is 2.07 bits per heavy atom. The van der Waals surface area contributed by atoms with Crippen LogP contribution in [0.25, 0.3) is 0 Å². The van der Waals surface area contributed by atoms with E-state index in [1.54, 1.807) is 18.2 Å². The van der Waals surface area contributed by atoms with Crippen molar-refractivity contribution in [2.45, 2.75) is 39.4 Å². The fraction of sp³-hybridized carbons (Fsp3) is 0.500.